The molecule has 0 radical (unpaired) electrons. The van der Waals surface area contributed by atoms with Gasteiger partial charge in [-0.2, -0.15) is 0 Å². The van der Waals surface area contributed by atoms with Crippen LogP contribution in [0.15, 0.2) is 36.4 Å². The standard InChI is InChI=1S/C28H30ClF4N3O6/c1-27(2,3)42-26(39)36-14-18(34-24(37)15-40-19-7-8-21(29)22(30)11-19)5-9-23(36)25(38)35-12-16-4-6-20(10-17(16)13-35)41-28(31,32)33/h4,6-8,10-11,18,23H,5,9,12-15H2,1-3H3,(H,34,37)/t18?,23-/m0/s1. The molecule has 42 heavy (non-hydrogen) atoms. The van der Waals surface area contributed by atoms with Gasteiger partial charge in [-0.3, -0.25) is 14.5 Å². The van der Waals surface area contributed by atoms with E-state index >= 15 is 0 Å². The first-order valence-corrected chi connectivity index (χ1v) is 13.5. The van der Waals surface area contributed by atoms with E-state index in [1.54, 1.807) is 20.8 Å². The van der Waals surface area contributed by atoms with Gasteiger partial charge in [-0.15, -0.1) is 13.2 Å². The number of rotatable bonds is 6. The largest absolute Gasteiger partial charge is 0.573 e. The third-order valence-electron chi connectivity index (χ3n) is 6.57. The van der Waals surface area contributed by atoms with Crippen LogP contribution in [0.3, 0.4) is 0 Å². The van der Waals surface area contributed by atoms with E-state index in [9.17, 15) is 31.9 Å². The van der Waals surface area contributed by atoms with Crippen molar-refractivity contribution in [2.75, 3.05) is 13.2 Å². The maximum atomic E-state index is 13.6. The highest BCUT2D eigenvalue weighted by Gasteiger charge is 2.41. The van der Waals surface area contributed by atoms with Gasteiger partial charge in [-0.25, -0.2) is 9.18 Å². The number of hydrogen-bond donors (Lipinski definition) is 1. The van der Waals surface area contributed by atoms with E-state index in [1.165, 1.54) is 40.1 Å². The number of piperidine rings is 1. The van der Waals surface area contributed by atoms with Crippen LogP contribution >= 0.6 is 11.6 Å². The topological polar surface area (TPSA) is 97.4 Å². The van der Waals surface area contributed by atoms with Crippen LogP contribution in [-0.2, 0) is 27.4 Å². The molecule has 2 aliphatic rings. The van der Waals surface area contributed by atoms with Crippen molar-refractivity contribution in [2.45, 2.75) is 70.7 Å². The highest BCUT2D eigenvalue weighted by atomic mass is 35.5. The van der Waals surface area contributed by atoms with Crippen molar-refractivity contribution < 1.29 is 46.2 Å². The van der Waals surface area contributed by atoms with Crippen molar-refractivity contribution >= 4 is 29.5 Å². The van der Waals surface area contributed by atoms with Gasteiger partial charge in [0.2, 0.25) is 5.91 Å². The summed E-state index contributed by atoms with van der Waals surface area (Å²) in [6.07, 6.45) is -5.04. The highest BCUT2D eigenvalue weighted by molar-refractivity contribution is 6.30. The molecular weight excluding hydrogens is 586 g/mol. The second-order valence-corrected chi connectivity index (χ2v) is 11.4. The molecule has 0 saturated carbocycles. The molecule has 1 saturated heterocycles. The summed E-state index contributed by atoms with van der Waals surface area (Å²) in [4.78, 5) is 42.1. The Kier molecular flexibility index (Phi) is 9.09. The molecule has 1 fully saturated rings. The third kappa shape index (κ3) is 8.17. The molecule has 1 unspecified atom stereocenters. The van der Waals surface area contributed by atoms with Crippen LogP contribution < -0.4 is 14.8 Å². The zero-order chi connectivity index (χ0) is 30.8. The number of benzene rings is 2. The SMILES string of the molecule is CC(C)(C)OC(=O)N1CC(NC(=O)COc2ccc(Cl)c(F)c2)CC[C@H]1C(=O)N1Cc2ccc(OC(F)(F)F)cc2C1. The molecule has 0 bridgehead atoms. The first-order chi connectivity index (χ1) is 19.6. The number of nitrogens with one attached hydrogen (secondary N) is 1. The number of amides is 3. The van der Waals surface area contributed by atoms with Gasteiger partial charge >= 0.3 is 12.5 Å². The third-order valence-corrected chi connectivity index (χ3v) is 6.87. The molecule has 0 spiro atoms. The molecule has 1 N–H and O–H groups in total. The van der Waals surface area contributed by atoms with Crippen molar-refractivity contribution in [2.24, 2.45) is 0 Å². The Balaban J connectivity index is 1.41. The van der Waals surface area contributed by atoms with Crippen molar-refractivity contribution in [3.05, 3.63) is 58.4 Å². The molecule has 0 aliphatic carbocycles. The highest BCUT2D eigenvalue weighted by Crippen LogP contribution is 2.32. The van der Waals surface area contributed by atoms with E-state index in [4.69, 9.17) is 21.1 Å². The van der Waals surface area contributed by atoms with Crippen LogP contribution in [0, 0.1) is 5.82 Å². The van der Waals surface area contributed by atoms with Crippen LogP contribution in [0.1, 0.15) is 44.7 Å². The minimum Gasteiger partial charge on any atom is -0.484 e. The lowest BCUT2D eigenvalue weighted by Crippen LogP contribution is -2.59. The normalized spacial score (nSPS) is 18.8. The first kappa shape index (κ1) is 31.2. The molecule has 228 valence electrons. The van der Waals surface area contributed by atoms with Crippen molar-refractivity contribution in [1.82, 2.24) is 15.1 Å². The number of carbonyl (C=O) groups excluding carboxylic acids is 3. The second kappa shape index (κ2) is 12.2. The van der Waals surface area contributed by atoms with Crippen LogP contribution in [0.2, 0.25) is 5.02 Å². The smallest absolute Gasteiger partial charge is 0.484 e. The van der Waals surface area contributed by atoms with Crippen LogP contribution in [0.4, 0.5) is 22.4 Å². The molecular formula is C28H30ClF4N3O6. The summed E-state index contributed by atoms with van der Waals surface area (Å²) in [5, 5.41) is 2.68. The Labute approximate surface area is 244 Å². The van der Waals surface area contributed by atoms with E-state index in [1.807, 2.05) is 0 Å². The van der Waals surface area contributed by atoms with Gasteiger partial charge in [0.25, 0.3) is 5.91 Å². The summed E-state index contributed by atoms with van der Waals surface area (Å²) in [6, 6.07) is 6.23. The summed E-state index contributed by atoms with van der Waals surface area (Å²) in [7, 11) is 0. The predicted octanol–water partition coefficient (Wildman–Crippen LogP) is 5.18. The molecule has 9 nitrogen and oxygen atoms in total. The van der Waals surface area contributed by atoms with E-state index < -0.39 is 54.4 Å². The molecule has 14 heteroatoms. The lowest BCUT2D eigenvalue weighted by Gasteiger charge is -2.40. The van der Waals surface area contributed by atoms with Crippen LogP contribution in [0.25, 0.3) is 0 Å². The maximum Gasteiger partial charge on any atom is 0.573 e. The second-order valence-electron chi connectivity index (χ2n) is 11.0. The van der Waals surface area contributed by atoms with Gasteiger partial charge in [0, 0.05) is 31.7 Å². The van der Waals surface area contributed by atoms with E-state index in [0.717, 1.165) is 6.07 Å². The minimum atomic E-state index is -4.84. The monoisotopic (exact) mass is 615 g/mol. The molecule has 4 rings (SSSR count). The molecule has 0 aromatic heterocycles. The number of alkyl halides is 3. The lowest BCUT2D eigenvalue weighted by molar-refractivity contribution is -0.274. The fourth-order valence-corrected chi connectivity index (χ4v) is 4.90. The predicted molar refractivity (Wildman–Crippen MR) is 142 cm³/mol. The van der Waals surface area contributed by atoms with Crippen molar-refractivity contribution in [3.8, 4) is 11.5 Å². The number of hydrogen-bond acceptors (Lipinski definition) is 6. The fourth-order valence-electron chi connectivity index (χ4n) is 4.79. The number of halogens is 5. The fraction of sp³-hybridized carbons (Fsp3) is 0.464. The summed E-state index contributed by atoms with van der Waals surface area (Å²) in [5.74, 6) is -1.88. The number of fused-ring (bicyclic) bond motifs is 1. The molecule has 2 heterocycles. The zero-order valence-corrected chi connectivity index (χ0v) is 23.9. The summed E-state index contributed by atoms with van der Waals surface area (Å²) in [6.45, 7) is 4.79. The van der Waals surface area contributed by atoms with Gasteiger partial charge in [0.1, 0.15) is 29.0 Å². The first-order valence-electron chi connectivity index (χ1n) is 13.1. The van der Waals surface area contributed by atoms with Gasteiger partial charge in [0.05, 0.1) is 5.02 Å². The molecule has 2 aromatic rings. The Morgan fingerprint density at radius 3 is 2.36 bits per heavy atom. The quantitative estimate of drug-likeness (QED) is 0.450. The average Bonchev–Trinajstić information content (AvgIpc) is 3.30. The van der Waals surface area contributed by atoms with Crippen LogP contribution in [0.5, 0.6) is 11.5 Å². The Morgan fingerprint density at radius 2 is 1.69 bits per heavy atom. The molecule has 2 atom stereocenters. The molecule has 3 amide bonds. The zero-order valence-electron chi connectivity index (χ0n) is 23.1. The van der Waals surface area contributed by atoms with Gasteiger partial charge < -0.3 is 24.4 Å². The number of carbonyl (C=O) groups is 3. The average molecular weight is 616 g/mol. The molecule has 2 aliphatic heterocycles. The summed E-state index contributed by atoms with van der Waals surface area (Å²) < 4.78 is 66.4. The number of likely N-dealkylation sites (tertiary alicyclic amines) is 1. The van der Waals surface area contributed by atoms with Gasteiger partial charge in [-0.1, -0.05) is 17.7 Å². The van der Waals surface area contributed by atoms with Gasteiger partial charge in [-0.05, 0) is 69.0 Å². The Bertz CT molecular complexity index is 1350. The maximum absolute atomic E-state index is 13.6. The van der Waals surface area contributed by atoms with E-state index in [2.05, 4.69) is 10.1 Å². The van der Waals surface area contributed by atoms with Crippen molar-refractivity contribution in [1.29, 1.82) is 0 Å². The van der Waals surface area contributed by atoms with Gasteiger partial charge in [0.15, 0.2) is 6.61 Å². The van der Waals surface area contributed by atoms with E-state index in [-0.39, 0.29) is 42.6 Å². The number of ether oxygens (including phenoxy) is 3. The Morgan fingerprint density at radius 1 is 1.00 bits per heavy atom. The van der Waals surface area contributed by atoms with Crippen LogP contribution in [-0.4, -0.2) is 64.9 Å². The van der Waals surface area contributed by atoms with E-state index in [0.29, 0.717) is 17.5 Å². The summed E-state index contributed by atoms with van der Waals surface area (Å²) in [5.41, 5.74) is 0.320. The Hall–Kier alpha value is -3.74. The van der Waals surface area contributed by atoms with Crippen molar-refractivity contribution in [3.63, 3.8) is 0 Å². The summed E-state index contributed by atoms with van der Waals surface area (Å²) >= 11 is 5.66. The minimum absolute atomic E-state index is 0.0308. The number of nitrogens with zero attached hydrogens (tertiary/aromatic N) is 2. The lowest BCUT2D eigenvalue weighted by atomic mass is 9.97. The molecule has 2 aromatic carbocycles.